The van der Waals surface area contributed by atoms with Gasteiger partial charge in [0.15, 0.2) is 16.9 Å². The van der Waals surface area contributed by atoms with E-state index in [4.69, 9.17) is 13.9 Å². The van der Waals surface area contributed by atoms with Crippen LogP contribution in [-0.2, 0) is 6.54 Å². The van der Waals surface area contributed by atoms with Crippen molar-refractivity contribution in [1.29, 1.82) is 0 Å². The minimum Gasteiger partial charge on any atom is -0.490 e. The largest absolute Gasteiger partial charge is 0.490 e. The van der Waals surface area contributed by atoms with Gasteiger partial charge in [0, 0.05) is 18.9 Å². The van der Waals surface area contributed by atoms with Crippen molar-refractivity contribution < 1.29 is 18.7 Å². The molecule has 5 rings (SSSR count). The molecule has 3 heterocycles. The van der Waals surface area contributed by atoms with Crippen molar-refractivity contribution in [3.63, 3.8) is 0 Å². The van der Waals surface area contributed by atoms with Crippen molar-refractivity contribution in [3.8, 4) is 11.5 Å². The normalized spacial score (nSPS) is 14.7. The predicted octanol–water partition coefficient (Wildman–Crippen LogP) is 5.21. The summed E-state index contributed by atoms with van der Waals surface area (Å²) in [6, 6.07) is 13.9. The van der Waals surface area contributed by atoms with Crippen molar-refractivity contribution >= 4 is 16.9 Å². The Balaban J connectivity index is 1.70. The number of carbonyl (C=O) groups excluding carboxylic acids is 1. The third kappa shape index (κ3) is 4.13. The van der Waals surface area contributed by atoms with E-state index in [-0.39, 0.29) is 23.6 Å². The summed E-state index contributed by atoms with van der Waals surface area (Å²) in [5.74, 6) is 0.809. The van der Waals surface area contributed by atoms with E-state index in [9.17, 15) is 9.59 Å². The summed E-state index contributed by atoms with van der Waals surface area (Å²) in [7, 11) is 0. The van der Waals surface area contributed by atoms with Crippen LogP contribution in [0.1, 0.15) is 45.8 Å². The molecule has 0 saturated heterocycles. The smallest absolute Gasteiger partial charge is 0.291 e. The van der Waals surface area contributed by atoms with Gasteiger partial charge in [0.05, 0.1) is 23.6 Å². The van der Waals surface area contributed by atoms with Crippen LogP contribution in [0.5, 0.6) is 11.5 Å². The number of benzene rings is 2. The molecule has 0 spiro atoms. The van der Waals surface area contributed by atoms with Crippen LogP contribution in [0.15, 0.2) is 82.8 Å². The van der Waals surface area contributed by atoms with E-state index in [1.54, 1.807) is 41.6 Å². The molecule has 2 aromatic heterocycles. The summed E-state index contributed by atoms with van der Waals surface area (Å²) in [6.07, 6.45) is 5.04. The van der Waals surface area contributed by atoms with E-state index < -0.39 is 6.04 Å². The number of fused-ring (bicyclic) bond motifs is 2. The zero-order chi connectivity index (χ0) is 25.2. The number of nitrogens with zero attached hydrogens (tertiary/aromatic N) is 2. The van der Waals surface area contributed by atoms with E-state index >= 15 is 0 Å². The van der Waals surface area contributed by atoms with E-state index in [0.717, 1.165) is 16.7 Å². The van der Waals surface area contributed by atoms with Gasteiger partial charge >= 0.3 is 0 Å². The number of aromatic nitrogens is 1. The number of hydrogen-bond donors (Lipinski definition) is 0. The van der Waals surface area contributed by atoms with Gasteiger partial charge in [-0.25, -0.2) is 0 Å². The van der Waals surface area contributed by atoms with Crippen molar-refractivity contribution in [3.05, 3.63) is 112 Å². The van der Waals surface area contributed by atoms with Gasteiger partial charge in [-0.3, -0.25) is 14.6 Å². The van der Waals surface area contributed by atoms with E-state index in [1.165, 1.54) is 0 Å². The van der Waals surface area contributed by atoms with Crippen LogP contribution < -0.4 is 14.9 Å². The molecule has 2 aromatic carbocycles. The van der Waals surface area contributed by atoms with Crippen LogP contribution in [0.3, 0.4) is 0 Å². The number of hydrogen-bond acceptors (Lipinski definition) is 6. The lowest BCUT2D eigenvalue weighted by molar-refractivity contribution is 0.0714. The van der Waals surface area contributed by atoms with Crippen molar-refractivity contribution in [2.75, 3.05) is 13.2 Å². The highest BCUT2D eigenvalue weighted by atomic mass is 16.5. The molecular formula is C29H26N2O5. The molecule has 7 heteroatoms. The maximum Gasteiger partial charge on any atom is 0.291 e. The van der Waals surface area contributed by atoms with E-state index in [1.807, 2.05) is 44.2 Å². The quantitative estimate of drug-likeness (QED) is 0.321. The highest BCUT2D eigenvalue weighted by molar-refractivity contribution is 5.99. The molecule has 7 nitrogen and oxygen atoms in total. The average Bonchev–Trinajstić information content (AvgIpc) is 3.16. The first kappa shape index (κ1) is 23.4. The van der Waals surface area contributed by atoms with Gasteiger partial charge in [-0.15, -0.1) is 0 Å². The van der Waals surface area contributed by atoms with Crippen molar-refractivity contribution in [2.45, 2.75) is 26.4 Å². The van der Waals surface area contributed by atoms with E-state index in [2.05, 4.69) is 11.6 Å². The highest BCUT2D eigenvalue weighted by Gasteiger charge is 2.43. The van der Waals surface area contributed by atoms with Crippen molar-refractivity contribution in [1.82, 2.24) is 9.88 Å². The number of aryl methyl sites for hydroxylation is 1. The zero-order valence-electron chi connectivity index (χ0n) is 20.2. The highest BCUT2D eigenvalue weighted by Crippen LogP contribution is 2.41. The molecular weight excluding hydrogens is 456 g/mol. The van der Waals surface area contributed by atoms with Crippen LogP contribution in [0, 0.1) is 6.92 Å². The lowest BCUT2D eigenvalue weighted by Gasteiger charge is -2.26. The number of amides is 1. The van der Waals surface area contributed by atoms with Gasteiger partial charge in [0.2, 0.25) is 5.76 Å². The molecule has 0 bridgehead atoms. The Morgan fingerprint density at radius 3 is 2.72 bits per heavy atom. The molecule has 182 valence electrons. The molecule has 0 aliphatic carbocycles. The van der Waals surface area contributed by atoms with Gasteiger partial charge in [0.25, 0.3) is 5.91 Å². The molecule has 0 fully saturated rings. The van der Waals surface area contributed by atoms with Crippen LogP contribution in [-0.4, -0.2) is 29.0 Å². The Morgan fingerprint density at radius 1 is 1.11 bits per heavy atom. The Labute approximate surface area is 208 Å². The average molecular weight is 483 g/mol. The Hall–Kier alpha value is -4.39. The summed E-state index contributed by atoms with van der Waals surface area (Å²) < 4.78 is 17.6. The Bertz CT molecular complexity index is 1510. The van der Waals surface area contributed by atoms with E-state index in [0.29, 0.717) is 41.2 Å². The minimum absolute atomic E-state index is 0.0650. The monoisotopic (exact) mass is 482 g/mol. The summed E-state index contributed by atoms with van der Waals surface area (Å²) in [4.78, 5) is 33.3. The lowest BCUT2D eigenvalue weighted by Crippen LogP contribution is -2.29. The number of rotatable bonds is 8. The molecule has 0 saturated carbocycles. The number of pyridine rings is 1. The second kappa shape index (κ2) is 9.70. The maximum atomic E-state index is 13.8. The van der Waals surface area contributed by atoms with Gasteiger partial charge < -0.3 is 18.8 Å². The molecule has 36 heavy (non-hydrogen) atoms. The minimum atomic E-state index is -0.665. The number of carbonyl (C=O) groups is 1. The Kier molecular flexibility index (Phi) is 6.29. The van der Waals surface area contributed by atoms with Crippen LogP contribution in [0.2, 0.25) is 0 Å². The standard InChI is InChI=1S/C29H26N2O5/c1-4-13-35-23-11-9-20(15-24(23)34-5-2)26-25-27(32)21-14-18(3)8-10-22(21)36-28(25)29(33)31(26)17-19-7-6-12-30-16-19/h4,6-12,14-16,26H,1,5,13,17H2,2-3H3. The summed E-state index contributed by atoms with van der Waals surface area (Å²) in [5.41, 5.74) is 3.00. The number of ether oxygens (including phenoxy) is 2. The molecule has 0 N–H and O–H groups in total. The van der Waals surface area contributed by atoms with Crippen molar-refractivity contribution in [2.24, 2.45) is 0 Å². The van der Waals surface area contributed by atoms with Crippen LogP contribution in [0.4, 0.5) is 0 Å². The molecule has 1 amide bonds. The van der Waals surface area contributed by atoms with Gasteiger partial charge in [0.1, 0.15) is 12.2 Å². The first-order valence-electron chi connectivity index (χ1n) is 11.8. The predicted molar refractivity (Wildman–Crippen MR) is 136 cm³/mol. The summed E-state index contributed by atoms with van der Waals surface area (Å²) in [6.45, 7) is 8.51. The molecule has 0 radical (unpaired) electrons. The van der Waals surface area contributed by atoms with Gasteiger partial charge in [-0.05, 0) is 55.3 Å². The zero-order valence-corrected chi connectivity index (χ0v) is 20.2. The third-order valence-corrected chi connectivity index (χ3v) is 6.14. The summed E-state index contributed by atoms with van der Waals surface area (Å²) >= 11 is 0. The van der Waals surface area contributed by atoms with Crippen LogP contribution >= 0.6 is 0 Å². The second-order valence-corrected chi connectivity index (χ2v) is 8.61. The maximum absolute atomic E-state index is 13.8. The van der Waals surface area contributed by atoms with Crippen LogP contribution in [0.25, 0.3) is 11.0 Å². The van der Waals surface area contributed by atoms with Gasteiger partial charge in [-0.1, -0.05) is 36.4 Å². The molecule has 1 aliphatic rings. The lowest BCUT2D eigenvalue weighted by atomic mass is 9.97. The Morgan fingerprint density at radius 2 is 1.97 bits per heavy atom. The first-order valence-corrected chi connectivity index (χ1v) is 11.8. The topological polar surface area (TPSA) is 81.9 Å². The molecule has 4 aromatic rings. The van der Waals surface area contributed by atoms with Gasteiger partial charge in [-0.2, -0.15) is 0 Å². The fourth-order valence-electron chi connectivity index (χ4n) is 4.56. The molecule has 1 atom stereocenters. The fourth-order valence-corrected chi connectivity index (χ4v) is 4.56. The summed E-state index contributed by atoms with van der Waals surface area (Å²) in [5, 5.41) is 0.450. The second-order valence-electron chi connectivity index (χ2n) is 8.61. The SMILES string of the molecule is C=CCOc1ccc(C2c3c(oc4ccc(C)cc4c3=O)C(=O)N2Cc2cccnc2)cc1OCC. The molecule has 1 aliphatic heterocycles. The third-order valence-electron chi connectivity index (χ3n) is 6.14. The fraction of sp³-hybridized carbons (Fsp3) is 0.207. The molecule has 1 unspecified atom stereocenters. The first-order chi connectivity index (χ1) is 17.5.